The zero-order valence-corrected chi connectivity index (χ0v) is 12.3. The zero-order valence-electron chi connectivity index (χ0n) is 12.3. The number of hydrogen-bond donors (Lipinski definition) is 2. The van der Waals surface area contributed by atoms with Crippen LogP contribution < -0.4 is 11.1 Å². The first-order valence-electron chi connectivity index (χ1n) is 7.02. The Hall–Kier alpha value is -2.21. The maximum atomic E-state index is 12.2. The van der Waals surface area contributed by atoms with Crippen LogP contribution in [0.2, 0.25) is 0 Å². The number of carbonyl (C=O) groups is 1. The van der Waals surface area contributed by atoms with Crippen molar-refractivity contribution in [3.63, 3.8) is 0 Å². The maximum absolute atomic E-state index is 12.2. The molecule has 6 nitrogen and oxygen atoms in total. The standard InChI is InChI=1S/C15H20N4O2/c1-10(6-5-9-16)14(20)18-13-8-4-3-7-12(13)15-17-11(2)19-21-15/h3-4,7-8,10H,5-6,9,16H2,1-2H3,(H,18,20). The van der Waals surface area contributed by atoms with Crippen LogP contribution in [-0.2, 0) is 4.79 Å². The Labute approximate surface area is 123 Å². The molecule has 1 amide bonds. The molecule has 6 heteroatoms. The molecule has 2 rings (SSSR count). The van der Waals surface area contributed by atoms with Crippen molar-refractivity contribution in [2.45, 2.75) is 26.7 Å². The molecular weight excluding hydrogens is 268 g/mol. The number of amides is 1. The molecule has 112 valence electrons. The van der Waals surface area contributed by atoms with Gasteiger partial charge < -0.3 is 15.6 Å². The van der Waals surface area contributed by atoms with Gasteiger partial charge in [0, 0.05) is 5.92 Å². The lowest BCUT2D eigenvalue weighted by molar-refractivity contribution is -0.119. The molecule has 1 heterocycles. The minimum atomic E-state index is -0.0916. The van der Waals surface area contributed by atoms with Crippen LogP contribution in [0.5, 0.6) is 0 Å². The van der Waals surface area contributed by atoms with Crippen LogP contribution in [0.25, 0.3) is 11.5 Å². The predicted octanol–water partition coefficient (Wildman–Crippen LogP) is 2.36. The Morgan fingerprint density at radius 1 is 1.43 bits per heavy atom. The van der Waals surface area contributed by atoms with E-state index in [9.17, 15) is 4.79 Å². The summed E-state index contributed by atoms with van der Waals surface area (Å²) in [4.78, 5) is 16.4. The van der Waals surface area contributed by atoms with Crippen molar-refractivity contribution in [3.05, 3.63) is 30.1 Å². The van der Waals surface area contributed by atoms with Crippen LogP contribution in [0.3, 0.4) is 0 Å². The summed E-state index contributed by atoms with van der Waals surface area (Å²) < 4.78 is 5.17. The second-order valence-corrected chi connectivity index (χ2v) is 5.01. The van der Waals surface area contributed by atoms with Crippen molar-refractivity contribution in [1.29, 1.82) is 0 Å². The van der Waals surface area contributed by atoms with Gasteiger partial charge in [0.1, 0.15) is 0 Å². The molecule has 1 aromatic carbocycles. The second-order valence-electron chi connectivity index (χ2n) is 5.01. The number of hydrogen-bond acceptors (Lipinski definition) is 5. The fourth-order valence-corrected chi connectivity index (χ4v) is 2.00. The van der Waals surface area contributed by atoms with E-state index in [-0.39, 0.29) is 11.8 Å². The summed E-state index contributed by atoms with van der Waals surface area (Å²) in [6.45, 7) is 4.24. The van der Waals surface area contributed by atoms with E-state index in [1.165, 1.54) is 0 Å². The van der Waals surface area contributed by atoms with Gasteiger partial charge >= 0.3 is 0 Å². The van der Waals surface area contributed by atoms with Crippen molar-refractivity contribution in [1.82, 2.24) is 10.1 Å². The molecule has 0 saturated heterocycles. The number of rotatable bonds is 6. The summed E-state index contributed by atoms with van der Waals surface area (Å²) in [5, 5.41) is 6.70. The number of nitrogens with two attached hydrogens (primary N) is 1. The number of aromatic nitrogens is 2. The third kappa shape index (κ3) is 3.88. The molecule has 2 aromatic rings. The fraction of sp³-hybridized carbons (Fsp3) is 0.400. The first-order valence-corrected chi connectivity index (χ1v) is 7.02. The van der Waals surface area contributed by atoms with Gasteiger partial charge in [-0.3, -0.25) is 4.79 Å². The lowest BCUT2D eigenvalue weighted by atomic mass is 10.0. The molecule has 1 atom stereocenters. The van der Waals surface area contributed by atoms with Gasteiger partial charge in [0.25, 0.3) is 5.89 Å². The highest BCUT2D eigenvalue weighted by molar-refractivity contribution is 5.95. The molecule has 0 radical (unpaired) electrons. The molecule has 0 fully saturated rings. The number of para-hydroxylation sites is 1. The molecule has 1 unspecified atom stereocenters. The SMILES string of the molecule is Cc1noc(-c2ccccc2NC(=O)C(C)CCCN)n1. The van der Waals surface area contributed by atoms with Crippen molar-refractivity contribution in [2.24, 2.45) is 11.7 Å². The van der Waals surface area contributed by atoms with Crippen molar-refractivity contribution in [3.8, 4) is 11.5 Å². The highest BCUT2D eigenvalue weighted by atomic mass is 16.5. The van der Waals surface area contributed by atoms with E-state index in [1.807, 2.05) is 31.2 Å². The van der Waals surface area contributed by atoms with Crippen LogP contribution in [-0.4, -0.2) is 22.6 Å². The molecule has 0 aliphatic heterocycles. The van der Waals surface area contributed by atoms with Crippen LogP contribution in [0.4, 0.5) is 5.69 Å². The van der Waals surface area contributed by atoms with Gasteiger partial charge in [0.05, 0.1) is 11.3 Å². The second kappa shape index (κ2) is 6.99. The molecule has 3 N–H and O–H groups in total. The zero-order chi connectivity index (χ0) is 15.2. The van der Waals surface area contributed by atoms with E-state index >= 15 is 0 Å². The number of nitrogens with zero attached hydrogens (tertiary/aromatic N) is 2. The Morgan fingerprint density at radius 3 is 2.86 bits per heavy atom. The van der Waals surface area contributed by atoms with E-state index in [1.54, 1.807) is 6.92 Å². The van der Waals surface area contributed by atoms with Gasteiger partial charge in [-0.1, -0.05) is 24.2 Å². The van der Waals surface area contributed by atoms with Crippen LogP contribution in [0, 0.1) is 12.8 Å². The number of aryl methyl sites for hydroxylation is 1. The van der Waals surface area contributed by atoms with Gasteiger partial charge in [-0.25, -0.2) is 0 Å². The summed E-state index contributed by atoms with van der Waals surface area (Å²) in [6.07, 6.45) is 1.60. The van der Waals surface area contributed by atoms with E-state index in [0.717, 1.165) is 18.4 Å². The largest absolute Gasteiger partial charge is 0.334 e. The third-order valence-electron chi connectivity index (χ3n) is 3.23. The van der Waals surface area contributed by atoms with E-state index in [2.05, 4.69) is 15.5 Å². The molecule has 21 heavy (non-hydrogen) atoms. The minimum Gasteiger partial charge on any atom is -0.334 e. The highest BCUT2D eigenvalue weighted by Crippen LogP contribution is 2.26. The average molecular weight is 288 g/mol. The third-order valence-corrected chi connectivity index (χ3v) is 3.23. The summed E-state index contributed by atoms with van der Waals surface area (Å²) in [5.74, 6) is 0.832. The predicted molar refractivity (Wildman–Crippen MR) is 80.6 cm³/mol. The smallest absolute Gasteiger partial charge is 0.260 e. The Bertz CT molecular complexity index is 609. The Balaban J connectivity index is 2.15. The first kappa shape index (κ1) is 15.2. The normalized spacial score (nSPS) is 12.1. The van der Waals surface area contributed by atoms with Crippen molar-refractivity contribution < 1.29 is 9.32 Å². The quantitative estimate of drug-likeness (QED) is 0.851. The summed E-state index contributed by atoms with van der Waals surface area (Å²) in [5.41, 5.74) is 6.86. The maximum Gasteiger partial charge on any atom is 0.260 e. The van der Waals surface area contributed by atoms with Gasteiger partial charge in [-0.15, -0.1) is 0 Å². The molecule has 0 aliphatic rings. The van der Waals surface area contributed by atoms with Crippen molar-refractivity contribution >= 4 is 11.6 Å². The molecule has 0 spiro atoms. The monoisotopic (exact) mass is 288 g/mol. The number of carbonyl (C=O) groups excluding carboxylic acids is 1. The highest BCUT2D eigenvalue weighted by Gasteiger charge is 2.16. The van der Waals surface area contributed by atoms with Crippen LogP contribution >= 0.6 is 0 Å². The van der Waals surface area contributed by atoms with Gasteiger partial charge in [-0.05, 0) is 38.4 Å². The first-order chi connectivity index (χ1) is 10.1. The number of benzene rings is 1. The molecule has 0 aliphatic carbocycles. The van der Waals surface area contributed by atoms with Crippen LogP contribution in [0.1, 0.15) is 25.6 Å². The summed E-state index contributed by atoms with van der Waals surface area (Å²) in [6, 6.07) is 7.38. The Kier molecular flexibility index (Phi) is 5.05. The summed E-state index contributed by atoms with van der Waals surface area (Å²) in [7, 11) is 0. The van der Waals surface area contributed by atoms with E-state index in [4.69, 9.17) is 10.3 Å². The van der Waals surface area contributed by atoms with E-state index in [0.29, 0.717) is 23.9 Å². The van der Waals surface area contributed by atoms with Crippen LogP contribution in [0.15, 0.2) is 28.8 Å². The van der Waals surface area contributed by atoms with E-state index < -0.39 is 0 Å². The average Bonchev–Trinajstić information content (AvgIpc) is 2.91. The number of nitrogens with one attached hydrogen (secondary N) is 1. The molecule has 0 bridgehead atoms. The Morgan fingerprint density at radius 2 is 2.19 bits per heavy atom. The van der Waals surface area contributed by atoms with Gasteiger partial charge in [-0.2, -0.15) is 4.98 Å². The molecule has 1 aromatic heterocycles. The lowest BCUT2D eigenvalue weighted by Gasteiger charge is -2.13. The number of anilines is 1. The lowest BCUT2D eigenvalue weighted by Crippen LogP contribution is -2.21. The van der Waals surface area contributed by atoms with Crippen molar-refractivity contribution in [2.75, 3.05) is 11.9 Å². The van der Waals surface area contributed by atoms with Gasteiger partial charge in [0.2, 0.25) is 5.91 Å². The van der Waals surface area contributed by atoms with Gasteiger partial charge in [0.15, 0.2) is 5.82 Å². The fourth-order valence-electron chi connectivity index (χ4n) is 2.00. The molecular formula is C15H20N4O2. The topological polar surface area (TPSA) is 94.0 Å². The summed E-state index contributed by atoms with van der Waals surface area (Å²) >= 11 is 0. The minimum absolute atomic E-state index is 0.0351. The molecule has 0 saturated carbocycles.